The van der Waals surface area contributed by atoms with Crippen LogP contribution < -0.4 is 4.84 Å². The topological polar surface area (TPSA) is 118 Å². The molecular formula is C24H36N2O7. The molecule has 1 saturated heterocycles. The molecule has 0 radical (unpaired) electrons. The molecule has 1 amide bonds. The van der Waals surface area contributed by atoms with Crippen LogP contribution in [0.15, 0.2) is 12.1 Å². The minimum Gasteiger partial charge on any atom is -0.492 e. The van der Waals surface area contributed by atoms with Crippen LogP contribution in [0.4, 0.5) is 4.79 Å². The van der Waals surface area contributed by atoms with E-state index < -0.39 is 17.5 Å². The van der Waals surface area contributed by atoms with Crippen LogP contribution in [-0.4, -0.2) is 56.4 Å². The lowest BCUT2D eigenvalue weighted by molar-refractivity contribution is -0.152. The number of aromatic hydroxyl groups is 2. The van der Waals surface area contributed by atoms with Crippen LogP contribution in [0, 0.1) is 17.8 Å². The Morgan fingerprint density at radius 2 is 1.61 bits per heavy atom. The lowest BCUT2D eigenvalue weighted by atomic mass is 9.77. The second-order valence-electron chi connectivity index (χ2n) is 10.2. The van der Waals surface area contributed by atoms with E-state index >= 15 is 0 Å². The van der Waals surface area contributed by atoms with Gasteiger partial charge in [0.05, 0.1) is 5.92 Å². The number of hydrogen-bond acceptors (Lipinski definition) is 7. The number of rotatable bonds is 6. The van der Waals surface area contributed by atoms with Crippen molar-refractivity contribution in [3.8, 4) is 11.8 Å². The number of nitrogens with zero attached hydrogens (tertiary/aromatic N) is 2. The first kappa shape index (κ1) is 24.9. The summed E-state index contributed by atoms with van der Waals surface area (Å²) in [5.74, 6) is -1.31. The number of piperidine rings is 1. The first-order valence-corrected chi connectivity index (χ1v) is 11.9. The Labute approximate surface area is 194 Å². The summed E-state index contributed by atoms with van der Waals surface area (Å²) in [7, 11) is 0. The second-order valence-corrected chi connectivity index (χ2v) is 10.2. The molecule has 9 nitrogen and oxygen atoms in total. The number of aromatic nitrogens is 1. The van der Waals surface area contributed by atoms with Gasteiger partial charge in [0.25, 0.3) is 0 Å². The summed E-state index contributed by atoms with van der Waals surface area (Å²) < 4.78 is 6.12. The average Bonchev–Trinajstić information content (AvgIpc) is 3.08. The average molecular weight is 465 g/mol. The Morgan fingerprint density at radius 3 is 2.21 bits per heavy atom. The van der Waals surface area contributed by atoms with Gasteiger partial charge in [0.15, 0.2) is 0 Å². The summed E-state index contributed by atoms with van der Waals surface area (Å²) in [5.41, 5.74) is -0.507. The first-order chi connectivity index (χ1) is 15.5. The van der Waals surface area contributed by atoms with Crippen molar-refractivity contribution in [2.75, 3.05) is 13.1 Å². The zero-order chi connectivity index (χ0) is 24.2. The predicted molar refractivity (Wildman–Crippen MR) is 120 cm³/mol. The molecule has 0 aromatic carbocycles. The molecule has 2 heterocycles. The van der Waals surface area contributed by atoms with Crippen molar-refractivity contribution >= 4 is 17.8 Å². The van der Waals surface area contributed by atoms with Crippen molar-refractivity contribution < 1.29 is 34.2 Å². The smallest absolute Gasteiger partial charge is 0.410 e. The summed E-state index contributed by atoms with van der Waals surface area (Å²) in [4.78, 5) is 44.4. The van der Waals surface area contributed by atoms with Gasteiger partial charge in [0.1, 0.15) is 11.4 Å². The molecule has 1 aliphatic heterocycles. The number of likely N-dealkylation sites (tertiary alicyclic amines) is 1. The molecular weight excluding hydrogens is 428 g/mol. The highest BCUT2D eigenvalue weighted by molar-refractivity contribution is 5.82. The van der Waals surface area contributed by atoms with Gasteiger partial charge in [0, 0.05) is 37.6 Å². The third-order valence-electron chi connectivity index (χ3n) is 6.51. The van der Waals surface area contributed by atoms with Crippen LogP contribution in [0.1, 0.15) is 72.1 Å². The minimum atomic E-state index is -0.552. The van der Waals surface area contributed by atoms with E-state index in [9.17, 15) is 24.6 Å². The number of amides is 1. The van der Waals surface area contributed by atoms with Crippen molar-refractivity contribution in [1.82, 2.24) is 9.63 Å². The van der Waals surface area contributed by atoms with E-state index in [-0.39, 0.29) is 29.6 Å². The number of ketones is 1. The Balaban J connectivity index is 1.42. The Morgan fingerprint density at radius 1 is 1.00 bits per heavy atom. The molecule has 2 aliphatic rings. The summed E-state index contributed by atoms with van der Waals surface area (Å²) in [6.07, 6.45) is 5.27. The van der Waals surface area contributed by atoms with Gasteiger partial charge < -0.3 is 24.7 Å². The quantitative estimate of drug-likeness (QED) is 0.659. The van der Waals surface area contributed by atoms with Gasteiger partial charge in [-0.2, -0.15) is 0 Å². The molecule has 3 rings (SSSR count). The van der Waals surface area contributed by atoms with Crippen LogP contribution in [0.3, 0.4) is 0 Å². The molecule has 9 heteroatoms. The van der Waals surface area contributed by atoms with Crippen LogP contribution in [-0.2, 0) is 14.3 Å². The van der Waals surface area contributed by atoms with E-state index in [0.717, 1.165) is 32.1 Å². The molecule has 2 atom stereocenters. The minimum absolute atomic E-state index is 0.175. The van der Waals surface area contributed by atoms with Crippen molar-refractivity contribution in [3.63, 3.8) is 0 Å². The number of Topliss-reactive ketones (excluding diaryl/α,β-unsaturated/α-hetero) is 1. The van der Waals surface area contributed by atoms with E-state index in [1.165, 1.54) is 12.1 Å². The summed E-state index contributed by atoms with van der Waals surface area (Å²) in [5, 5.41) is 19.3. The number of ether oxygens (including phenoxy) is 1. The van der Waals surface area contributed by atoms with E-state index in [4.69, 9.17) is 9.57 Å². The Bertz CT molecular complexity index is 830. The Kier molecular flexibility index (Phi) is 7.92. The first-order valence-electron chi connectivity index (χ1n) is 11.9. The molecule has 1 saturated carbocycles. The fourth-order valence-corrected chi connectivity index (χ4v) is 4.64. The summed E-state index contributed by atoms with van der Waals surface area (Å²) in [6, 6.07) is 2.46. The lowest BCUT2D eigenvalue weighted by Gasteiger charge is -2.33. The normalized spacial score (nSPS) is 22.1. The highest BCUT2D eigenvalue weighted by Gasteiger charge is 2.33. The number of carbonyl (C=O) groups excluding carboxylic acids is 3. The van der Waals surface area contributed by atoms with Crippen LogP contribution in [0.5, 0.6) is 11.8 Å². The molecule has 1 aliphatic carbocycles. The lowest BCUT2D eigenvalue weighted by Crippen LogP contribution is -2.41. The van der Waals surface area contributed by atoms with E-state index in [0.29, 0.717) is 43.0 Å². The maximum absolute atomic E-state index is 12.8. The monoisotopic (exact) mass is 464 g/mol. The standard InChI is InChI=1S/C24H36N2O7/c1-24(2,3)32-23(31)25-13-11-16(12-14-25)7-8-19(27)17-5-4-6-18(15-17)22(30)33-26-20(28)9-10-21(26)29/h9-10,16-18,28-29H,4-8,11-15H2,1-3H3/t17?,18-/m1/s1. The predicted octanol–water partition coefficient (Wildman–Crippen LogP) is 3.66. The Hall–Kier alpha value is -2.71. The van der Waals surface area contributed by atoms with Crippen LogP contribution >= 0.6 is 0 Å². The van der Waals surface area contributed by atoms with E-state index in [2.05, 4.69) is 0 Å². The molecule has 184 valence electrons. The van der Waals surface area contributed by atoms with Crippen LogP contribution in [0.25, 0.3) is 0 Å². The third kappa shape index (κ3) is 6.88. The van der Waals surface area contributed by atoms with E-state index in [1.54, 1.807) is 4.90 Å². The van der Waals surface area contributed by atoms with Gasteiger partial charge >= 0.3 is 12.1 Å². The largest absolute Gasteiger partial charge is 0.492 e. The van der Waals surface area contributed by atoms with Gasteiger partial charge in [0.2, 0.25) is 11.8 Å². The molecule has 2 fully saturated rings. The molecule has 2 N–H and O–H groups in total. The van der Waals surface area contributed by atoms with Gasteiger partial charge in [-0.1, -0.05) is 6.42 Å². The SMILES string of the molecule is CC(C)(C)OC(=O)N1CCC(CCC(=O)C2CCC[C@@H](C(=O)On3c(O)ccc3O)C2)CC1. The molecule has 0 bridgehead atoms. The second kappa shape index (κ2) is 10.5. The number of hydrogen-bond donors (Lipinski definition) is 2. The van der Waals surface area contributed by atoms with Gasteiger partial charge in [-0.25, -0.2) is 9.59 Å². The van der Waals surface area contributed by atoms with Crippen LogP contribution in [0.2, 0.25) is 0 Å². The fraction of sp³-hybridized carbons (Fsp3) is 0.708. The van der Waals surface area contributed by atoms with Crippen molar-refractivity contribution in [3.05, 3.63) is 12.1 Å². The zero-order valence-corrected chi connectivity index (χ0v) is 19.8. The maximum Gasteiger partial charge on any atom is 0.410 e. The highest BCUT2D eigenvalue weighted by atomic mass is 16.7. The van der Waals surface area contributed by atoms with Crippen molar-refractivity contribution in [2.24, 2.45) is 17.8 Å². The van der Waals surface area contributed by atoms with E-state index in [1.807, 2.05) is 20.8 Å². The third-order valence-corrected chi connectivity index (χ3v) is 6.51. The van der Waals surface area contributed by atoms with Gasteiger partial charge in [-0.3, -0.25) is 4.79 Å². The molecule has 0 spiro atoms. The molecule has 1 aromatic heterocycles. The molecule has 1 unspecified atom stereocenters. The van der Waals surface area contributed by atoms with Gasteiger partial charge in [-0.05, 0) is 65.2 Å². The summed E-state index contributed by atoms with van der Waals surface area (Å²) in [6.45, 7) is 6.85. The maximum atomic E-state index is 12.8. The fourth-order valence-electron chi connectivity index (χ4n) is 4.64. The zero-order valence-electron chi connectivity index (χ0n) is 19.8. The molecule has 1 aromatic rings. The van der Waals surface area contributed by atoms with Crippen molar-refractivity contribution in [1.29, 1.82) is 0 Å². The van der Waals surface area contributed by atoms with Gasteiger partial charge in [-0.15, -0.1) is 4.73 Å². The summed E-state index contributed by atoms with van der Waals surface area (Å²) >= 11 is 0. The van der Waals surface area contributed by atoms with Crippen molar-refractivity contribution in [2.45, 2.75) is 77.7 Å². The highest BCUT2D eigenvalue weighted by Crippen LogP contribution is 2.33. The molecule has 33 heavy (non-hydrogen) atoms. The number of carbonyl (C=O) groups is 3.